The molecule has 1 atom stereocenters. The van der Waals surface area contributed by atoms with E-state index >= 15 is 0 Å². The first kappa shape index (κ1) is 22.4. The van der Waals surface area contributed by atoms with Crippen LogP contribution in [-0.4, -0.2) is 36.9 Å². The van der Waals surface area contributed by atoms with Crippen molar-refractivity contribution in [1.82, 2.24) is 25.5 Å². The highest BCUT2D eigenvalue weighted by Gasteiger charge is 2.29. The third-order valence-corrected chi connectivity index (χ3v) is 6.27. The molecule has 1 aliphatic carbocycles. The number of rotatable bonds is 8. The van der Waals surface area contributed by atoms with Crippen LogP contribution in [0.2, 0.25) is 0 Å². The molecule has 1 fully saturated rings. The second-order valence-electron chi connectivity index (χ2n) is 7.71. The minimum Gasteiger partial charge on any atom is -0.346 e. The molecule has 1 heterocycles. The van der Waals surface area contributed by atoms with Crippen molar-refractivity contribution in [2.45, 2.75) is 35.9 Å². The van der Waals surface area contributed by atoms with E-state index in [9.17, 15) is 19.7 Å². The Morgan fingerprint density at radius 1 is 1.21 bits per heavy atom. The van der Waals surface area contributed by atoms with Crippen molar-refractivity contribution >= 4 is 35.0 Å². The largest absolute Gasteiger partial charge is 0.346 e. The number of aromatic nitrogens is 4. The molecule has 12 heteroatoms. The molecule has 1 saturated carbocycles. The van der Waals surface area contributed by atoms with Gasteiger partial charge in [0.2, 0.25) is 11.1 Å². The van der Waals surface area contributed by atoms with E-state index in [-0.39, 0.29) is 29.1 Å². The number of amides is 2. The van der Waals surface area contributed by atoms with E-state index in [0.29, 0.717) is 15.7 Å². The minimum absolute atomic E-state index is 0.0303. The number of benzene rings is 2. The number of tetrazole rings is 1. The molecule has 33 heavy (non-hydrogen) atoms. The molecule has 2 aromatic carbocycles. The van der Waals surface area contributed by atoms with Gasteiger partial charge in [-0.05, 0) is 71.8 Å². The first-order valence-corrected chi connectivity index (χ1v) is 11.0. The molecule has 1 unspecified atom stereocenters. The van der Waals surface area contributed by atoms with Crippen LogP contribution >= 0.6 is 11.8 Å². The van der Waals surface area contributed by atoms with Crippen molar-refractivity contribution in [1.29, 1.82) is 0 Å². The van der Waals surface area contributed by atoms with Gasteiger partial charge in [-0.1, -0.05) is 12.1 Å². The zero-order valence-corrected chi connectivity index (χ0v) is 18.7. The van der Waals surface area contributed by atoms with Crippen LogP contribution in [0.15, 0.2) is 52.5 Å². The lowest BCUT2D eigenvalue weighted by Crippen LogP contribution is -2.26. The van der Waals surface area contributed by atoms with Crippen molar-refractivity contribution in [3.05, 3.63) is 63.7 Å². The average molecular weight is 468 g/mol. The van der Waals surface area contributed by atoms with Crippen LogP contribution in [-0.2, 0) is 11.8 Å². The van der Waals surface area contributed by atoms with Crippen LogP contribution in [0.25, 0.3) is 0 Å². The standard InChI is InChI=1S/C21H21N7O4S/c1-12(13-5-8-16(9-6-13)23-19(29)14-3-4-14)22-20(30)15-7-10-18(17(11-15)28(31)32)33-21-24-25-26-27(21)2/h5-12,14H,3-4H2,1-2H3,(H,22,30)(H,23,29). The van der Waals surface area contributed by atoms with E-state index in [1.54, 1.807) is 19.2 Å². The molecule has 0 spiro atoms. The molecular weight excluding hydrogens is 446 g/mol. The molecule has 0 aliphatic heterocycles. The van der Waals surface area contributed by atoms with Crippen LogP contribution in [0.3, 0.4) is 0 Å². The van der Waals surface area contributed by atoms with Crippen molar-refractivity contribution in [2.75, 3.05) is 5.32 Å². The molecule has 4 rings (SSSR count). The first-order valence-electron chi connectivity index (χ1n) is 10.2. The fourth-order valence-electron chi connectivity index (χ4n) is 3.10. The average Bonchev–Trinajstić information content (AvgIpc) is 3.57. The lowest BCUT2D eigenvalue weighted by atomic mass is 10.1. The van der Waals surface area contributed by atoms with Gasteiger partial charge in [0, 0.05) is 30.3 Å². The van der Waals surface area contributed by atoms with Gasteiger partial charge in [0.15, 0.2) is 0 Å². The minimum atomic E-state index is -0.541. The molecule has 1 aliphatic rings. The number of anilines is 1. The van der Waals surface area contributed by atoms with Crippen LogP contribution in [0.1, 0.15) is 41.7 Å². The number of hydrogen-bond acceptors (Lipinski definition) is 8. The summed E-state index contributed by atoms with van der Waals surface area (Å²) >= 11 is 1.04. The lowest BCUT2D eigenvalue weighted by Gasteiger charge is -2.15. The molecule has 0 saturated heterocycles. The Kier molecular flexibility index (Phi) is 6.36. The number of nitro benzene ring substituents is 1. The molecule has 0 bridgehead atoms. The summed E-state index contributed by atoms with van der Waals surface area (Å²) in [5.74, 6) is -0.287. The highest BCUT2D eigenvalue weighted by atomic mass is 32.2. The second-order valence-corrected chi connectivity index (χ2v) is 8.72. The van der Waals surface area contributed by atoms with Gasteiger partial charge in [0.1, 0.15) is 0 Å². The van der Waals surface area contributed by atoms with Gasteiger partial charge in [-0.15, -0.1) is 5.10 Å². The van der Waals surface area contributed by atoms with Crippen LogP contribution < -0.4 is 10.6 Å². The summed E-state index contributed by atoms with van der Waals surface area (Å²) in [4.78, 5) is 36.0. The number of carbonyl (C=O) groups is 2. The summed E-state index contributed by atoms with van der Waals surface area (Å²) in [6, 6.07) is 11.2. The summed E-state index contributed by atoms with van der Waals surface area (Å²) < 4.78 is 1.40. The second kappa shape index (κ2) is 9.36. The fraction of sp³-hybridized carbons (Fsp3) is 0.286. The quantitative estimate of drug-likeness (QED) is 0.380. The van der Waals surface area contributed by atoms with Gasteiger partial charge in [-0.25, -0.2) is 4.68 Å². The van der Waals surface area contributed by atoms with Crippen molar-refractivity contribution in [3.63, 3.8) is 0 Å². The Morgan fingerprint density at radius 2 is 1.94 bits per heavy atom. The molecule has 1 aromatic heterocycles. The third-order valence-electron chi connectivity index (χ3n) is 5.17. The van der Waals surface area contributed by atoms with Crippen LogP contribution in [0.4, 0.5) is 11.4 Å². The van der Waals surface area contributed by atoms with E-state index in [0.717, 1.165) is 30.2 Å². The zero-order chi connectivity index (χ0) is 23.5. The number of nitrogens with one attached hydrogen (secondary N) is 2. The first-order chi connectivity index (χ1) is 15.8. The molecule has 2 amide bonds. The number of carbonyl (C=O) groups excluding carboxylic acids is 2. The Labute approximate surface area is 193 Å². The monoisotopic (exact) mass is 467 g/mol. The van der Waals surface area contributed by atoms with Gasteiger partial charge >= 0.3 is 0 Å². The maximum absolute atomic E-state index is 12.7. The summed E-state index contributed by atoms with van der Waals surface area (Å²) in [6.45, 7) is 1.81. The number of hydrogen-bond donors (Lipinski definition) is 2. The maximum atomic E-state index is 12.7. The van der Waals surface area contributed by atoms with Crippen molar-refractivity contribution in [3.8, 4) is 0 Å². The SMILES string of the molecule is CC(NC(=O)c1ccc(Sc2nnnn2C)c([N+](=O)[O-])c1)c1ccc(NC(=O)C2CC2)cc1. The molecule has 0 radical (unpaired) electrons. The fourth-order valence-corrected chi connectivity index (χ4v) is 3.92. The van der Waals surface area contributed by atoms with Gasteiger partial charge in [0.05, 0.1) is 15.9 Å². The summed E-state index contributed by atoms with van der Waals surface area (Å²) in [5, 5.41) is 28.7. The lowest BCUT2D eigenvalue weighted by molar-refractivity contribution is -0.387. The van der Waals surface area contributed by atoms with Crippen molar-refractivity contribution < 1.29 is 14.5 Å². The highest BCUT2D eigenvalue weighted by Crippen LogP contribution is 2.34. The Bertz CT molecular complexity index is 1210. The van der Waals surface area contributed by atoms with Gasteiger partial charge in [-0.2, -0.15) is 0 Å². The Hall–Kier alpha value is -3.80. The Morgan fingerprint density at radius 3 is 2.55 bits per heavy atom. The maximum Gasteiger partial charge on any atom is 0.284 e. The van der Waals surface area contributed by atoms with Gasteiger partial charge < -0.3 is 10.6 Å². The van der Waals surface area contributed by atoms with E-state index < -0.39 is 10.8 Å². The molecular formula is C21H21N7O4S. The number of aryl methyl sites for hydroxylation is 1. The Balaban J connectivity index is 1.43. The van der Waals surface area contributed by atoms with E-state index in [2.05, 4.69) is 26.2 Å². The normalized spacial score (nSPS) is 13.9. The molecule has 170 valence electrons. The number of nitrogens with zero attached hydrogens (tertiary/aromatic N) is 5. The predicted octanol–water partition coefficient (Wildman–Crippen LogP) is 3.11. The molecule has 2 N–H and O–H groups in total. The molecule has 11 nitrogen and oxygen atoms in total. The highest BCUT2D eigenvalue weighted by molar-refractivity contribution is 7.99. The summed E-state index contributed by atoms with van der Waals surface area (Å²) in [6.07, 6.45) is 1.87. The smallest absolute Gasteiger partial charge is 0.284 e. The van der Waals surface area contributed by atoms with Gasteiger partial charge in [-0.3, -0.25) is 19.7 Å². The predicted molar refractivity (Wildman–Crippen MR) is 120 cm³/mol. The molecule has 3 aromatic rings. The van der Waals surface area contributed by atoms with Crippen LogP contribution in [0.5, 0.6) is 0 Å². The van der Waals surface area contributed by atoms with E-state index in [4.69, 9.17) is 0 Å². The summed E-state index contributed by atoms with van der Waals surface area (Å²) in [5.41, 5.74) is 1.50. The third kappa shape index (κ3) is 5.34. The number of nitro groups is 1. The summed E-state index contributed by atoms with van der Waals surface area (Å²) in [7, 11) is 1.63. The van der Waals surface area contributed by atoms with Gasteiger partial charge in [0.25, 0.3) is 11.6 Å². The van der Waals surface area contributed by atoms with E-state index in [1.165, 1.54) is 22.9 Å². The van der Waals surface area contributed by atoms with Crippen LogP contribution in [0, 0.1) is 16.0 Å². The van der Waals surface area contributed by atoms with E-state index in [1.807, 2.05) is 19.1 Å². The zero-order valence-electron chi connectivity index (χ0n) is 17.9. The topological polar surface area (TPSA) is 145 Å². The van der Waals surface area contributed by atoms with Crippen molar-refractivity contribution in [2.24, 2.45) is 13.0 Å².